The molecule has 0 N–H and O–H groups in total. The fourth-order valence-corrected chi connectivity index (χ4v) is 6.35. The molecule has 1 aromatic heterocycles. The van der Waals surface area contributed by atoms with Crippen LogP contribution in [0.4, 0.5) is 0 Å². The van der Waals surface area contributed by atoms with Crippen molar-refractivity contribution in [2.24, 2.45) is 22.7 Å². The highest BCUT2D eigenvalue weighted by atomic mass is 35.5. The Bertz CT molecular complexity index is 855. The Morgan fingerprint density at radius 2 is 1.88 bits per heavy atom. The number of ether oxygens (including phenoxy) is 2. The fraction of sp³-hybridized carbons (Fsp3) is 0.667. The van der Waals surface area contributed by atoms with Gasteiger partial charge in [-0.15, -0.1) is 0 Å². The smallest absolute Gasteiger partial charge is 0.339 e. The molecule has 1 aromatic rings. The molecule has 2 saturated carbocycles. The third-order valence-electron chi connectivity index (χ3n) is 7.76. The number of alkyl halides is 4. The molecule has 2 fully saturated rings. The zero-order chi connectivity index (χ0) is 24.4. The molecule has 0 radical (unpaired) electrons. The number of esters is 2. The minimum absolute atomic E-state index is 0.0239. The average molecular weight is 540 g/mol. The number of furan rings is 1. The van der Waals surface area contributed by atoms with Crippen molar-refractivity contribution in [3.63, 3.8) is 0 Å². The molecular weight excluding hydrogens is 510 g/mol. The molecule has 2 aliphatic rings. The minimum Gasteiger partial charge on any atom is -0.472 e. The Labute approximate surface area is 215 Å². The Kier molecular flexibility index (Phi) is 8.75. The molecule has 0 aromatic carbocycles. The summed E-state index contributed by atoms with van der Waals surface area (Å²) in [5.74, 6) is -1.06. The molecule has 0 bridgehead atoms. The quantitative estimate of drug-likeness (QED) is 0.210. The van der Waals surface area contributed by atoms with Crippen molar-refractivity contribution in [3.05, 3.63) is 36.3 Å². The molecule has 5 atom stereocenters. The lowest BCUT2D eigenvalue weighted by Gasteiger charge is -2.60. The van der Waals surface area contributed by atoms with Gasteiger partial charge in [-0.2, -0.15) is 0 Å². The number of aryl methyl sites for hydroxylation is 1. The molecule has 33 heavy (non-hydrogen) atoms. The second kappa shape index (κ2) is 10.8. The van der Waals surface area contributed by atoms with Gasteiger partial charge in [0.05, 0.1) is 12.5 Å². The summed E-state index contributed by atoms with van der Waals surface area (Å²) in [7, 11) is 0. The van der Waals surface area contributed by atoms with Gasteiger partial charge >= 0.3 is 11.9 Å². The van der Waals surface area contributed by atoms with Crippen LogP contribution in [0.25, 0.3) is 0 Å². The predicted molar refractivity (Wildman–Crippen MR) is 130 cm³/mol. The first-order valence-corrected chi connectivity index (χ1v) is 12.9. The SMILES string of the molecule is C=C1CC[C@@H]2[C@](C)(COC(=O)C(Cl)Cl)[C@H](OC(=O)C(Cl)Cl)CC[C@@]2(C)[C@@H]1CCc1ccoc1. The lowest BCUT2D eigenvalue weighted by molar-refractivity contribution is -0.192. The molecule has 5 nitrogen and oxygen atoms in total. The van der Waals surface area contributed by atoms with Gasteiger partial charge in [-0.3, -0.25) is 0 Å². The highest BCUT2D eigenvalue weighted by Crippen LogP contribution is 2.62. The van der Waals surface area contributed by atoms with Gasteiger partial charge in [-0.1, -0.05) is 72.4 Å². The molecule has 0 spiro atoms. The normalized spacial score (nSPS) is 32.0. The molecule has 184 valence electrons. The average Bonchev–Trinajstić information content (AvgIpc) is 3.27. The molecule has 0 aliphatic heterocycles. The van der Waals surface area contributed by atoms with Crippen molar-refractivity contribution >= 4 is 58.3 Å². The van der Waals surface area contributed by atoms with Crippen molar-refractivity contribution in [1.82, 2.24) is 0 Å². The van der Waals surface area contributed by atoms with Crippen LogP contribution in [-0.4, -0.2) is 34.3 Å². The number of carbonyl (C=O) groups is 2. The maximum atomic E-state index is 12.3. The van der Waals surface area contributed by atoms with Gasteiger partial charge in [-0.25, -0.2) is 9.59 Å². The summed E-state index contributed by atoms with van der Waals surface area (Å²) in [6.07, 6.45) is 7.87. The van der Waals surface area contributed by atoms with Crippen LogP contribution in [0, 0.1) is 22.7 Å². The van der Waals surface area contributed by atoms with Crippen molar-refractivity contribution in [1.29, 1.82) is 0 Å². The number of hydrogen-bond donors (Lipinski definition) is 0. The lowest BCUT2D eigenvalue weighted by Crippen LogP contribution is -2.59. The topological polar surface area (TPSA) is 65.7 Å². The van der Waals surface area contributed by atoms with E-state index in [1.807, 2.05) is 13.0 Å². The fourth-order valence-electron chi connectivity index (χ4n) is 6.12. The van der Waals surface area contributed by atoms with Gasteiger partial charge in [0, 0.05) is 5.41 Å². The van der Waals surface area contributed by atoms with E-state index in [2.05, 4.69) is 13.5 Å². The van der Waals surface area contributed by atoms with Gasteiger partial charge < -0.3 is 13.9 Å². The van der Waals surface area contributed by atoms with E-state index in [1.54, 1.807) is 12.5 Å². The van der Waals surface area contributed by atoms with E-state index in [0.29, 0.717) is 6.42 Å². The maximum absolute atomic E-state index is 12.3. The van der Waals surface area contributed by atoms with Crippen molar-refractivity contribution in [3.8, 4) is 0 Å². The zero-order valence-corrected chi connectivity index (χ0v) is 21.9. The van der Waals surface area contributed by atoms with Gasteiger partial charge in [-0.05, 0) is 67.4 Å². The second-order valence-corrected chi connectivity index (χ2v) is 11.8. The zero-order valence-electron chi connectivity index (χ0n) is 18.8. The van der Waals surface area contributed by atoms with Crippen molar-refractivity contribution < 1.29 is 23.5 Å². The van der Waals surface area contributed by atoms with E-state index < -0.39 is 33.1 Å². The van der Waals surface area contributed by atoms with Gasteiger partial charge in [0.1, 0.15) is 12.7 Å². The Balaban J connectivity index is 1.89. The van der Waals surface area contributed by atoms with Gasteiger partial charge in [0.15, 0.2) is 0 Å². The summed E-state index contributed by atoms with van der Waals surface area (Å²) >= 11 is 22.9. The van der Waals surface area contributed by atoms with Crippen molar-refractivity contribution in [2.45, 2.75) is 68.1 Å². The molecule has 3 rings (SSSR count). The monoisotopic (exact) mass is 538 g/mol. The summed E-state index contributed by atoms with van der Waals surface area (Å²) in [5, 5.41) is 0. The second-order valence-electron chi connectivity index (χ2n) is 9.66. The molecular formula is C24H30Cl4O5. The first-order valence-electron chi connectivity index (χ1n) is 11.1. The van der Waals surface area contributed by atoms with Crippen LogP contribution in [0.3, 0.4) is 0 Å². The summed E-state index contributed by atoms with van der Waals surface area (Å²) in [6.45, 7) is 8.70. The number of rotatable bonds is 8. The van der Waals surface area contributed by atoms with Crippen LogP contribution in [0.2, 0.25) is 0 Å². The van der Waals surface area contributed by atoms with Crippen LogP contribution in [0.15, 0.2) is 35.2 Å². The number of carbonyl (C=O) groups excluding carboxylic acids is 2. The van der Waals surface area contributed by atoms with E-state index in [9.17, 15) is 9.59 Å². The van der Waals surface area contributed by atoms with Crippen molar-refractivity contribution in [2.75, 3.05) is 6.61 Å². The Morgan fingerprint density at radius 3 is 2.48 bits per heavy atom. The van der Waals surface area contributed by atoms with Gasteiger partial charge in [0.2, 0.25) is 9.67 Å². The third-order valence-corrected chi connectivity index (χ3v) is 8.47. The maximum Gasteiger partial charge on any atom is 0.339 e. The molecule has 2 aliphatic carbocycles. The van der Waals surface area contributed by atoms with Crippen LogP contribution >= 0.6 is 46.4 Å². The van der Waals surface area contributed by atoms with E-state index in [0.717, 1.165) is 37.7 Å². The van der Waals surface area contributed by atoms with E-state index in [-0.39, 0.29) is 23.9 Å². The highest BCUT2D eigenvalue weighted by molar-refractivity contribution is 6.53. The summed E-state index contributed by atoms with van der Waals surface area (Å²) in [6, 6.07) is 1.98. The van der Waals surface area contributed by atoms with E-state index in [1.165, 1.54) is 5.57 Å². The Hall–Kier alpha value is -0.880. The number of fused-ring (bicyclic) bond motifs is 1. The highest BCUT2D eigenvalue weighted by Gasteiger charge is 2.59. The van der Waals surface area contributed by atoms with Crippen LogP contribution in [-0.2, 0) is 25.5 Å². The first kappa shape index (κ1) is 26.7. The Morgan fingerprint density at radius 1 is 1.18 bits per heavy atom. The standard InChI is InChI=1S/C24H30Cl4O5/c1-14-4-7-17-23(2,16(14)6-5-15-9-11-31-12-15)10-8-18(33-22(30)20(27)28)24(17,3)13-32-21(29)19(25)26/h9,11-12,16-20H,1,4-8,10,13H2,2-3H3/t16-,17+,18-,23+,24+/m1/s1. The molecule has 0 unspecified atom stereocenters. The number of hydrogen-bond acceptors (Lipinski definition) is 5. The third kappa shape index (κ3) is 5.69. The molecule has 1 heterocycles. The molecule has 0 amide bonds. The summed E-state index contributed by atoms with van der Waals surface area (Å²) in [5.41, 5.74) is 1.60. The van der Waals surface area contributed by atoms with Crippen LogP contribution in [0.1, 0.15) is 51.5 Å². The van der Waals surface area contributed by atoms with Gasteiger partial charge in [0.25, 0.3) is 0 Å². The minimum atomic E-state index is -1.28. The predicted octanol–water partition coefficient (Wildman–Crippen LogP) is 6.66. The number of allylic oxidation sites excluding steroid dienone is 1. The number of halogens is 4. The summed E-state index contributed by atoms with van der Waals surface area (Å²) in [4.78, 5) is 21.8. The van der Waals surface area contributed by atoms with Crippen LogP contribution in [0.5, 0.6) is 0 Å². The van der Waals surface area contributed by atoms with E-state index >= 15 is 0 Å². The molecule has 0 saturated heterocycles. The first-order chi connectivity index (χ1) is 15.5. The summed E-state index contributed by atoms with van der Waals surface area (Å²) < 4.78 is 16.5. The van der Waals surface area contributed by atoms with Crippen LogP contribution < -0.4 is 0 Å². The van der Waals surface area contributed by atoms with E-state index in [4.69, 9.17) is 60.3 Å². The lowest BCUT2D eigenvalue weighted by atomic mass is 9.46. The molecule has 9 heteroatoms. The largest absolute Gasteiger partial charge is 0.472 e.